The third-order valence-corrected chi connectivity index (χ3v) is 5.93. The molecule has 3 heterocycles. The molecule has 176 valence electrons. The van der Waals surface area contributed by atoms with Crippen molar-refractivity contribution in [3.05, 3.63) is 108 Å². The number of rotatable bonds is 5. The summed E-state index contributed by atoms with van der Waals surface area (Å²) in [6.45, 7) is 0.624. The summed E-state index contributed by atoms with van der Waals surface area (Å²) in [5, 5.41) is 10.0. The lowest BCUT2D eigenvalue weighted by Crippen LogP contribution is -2.27. The van der Waals surface area contributed by atoms with Crippen molar-refractivity contribution in [1.82, 2.24) is 25.1 Å². The van der Waals surface area contributed by atoms with E-state index < -0.39 is 0 Å². The highest BCUT2D eigenvalue weighted by Gasteiger charge is 2.30. The normalized spacial score (nSPS) is 12.4. The molecule has 0 unspecified atom stereocenters. The number of amides is 2. The Labute approximate surface area is 205 Å². The molecule has 0 saturated carbocycles. The van der Waals surface area contributed by atoms with Crippen LogP contribution in [0.1, 0.15) is 32.1 Å². The zero-order chi connectivity index (χ0) is 24.5. The van der Waals surface area contributed by atoms with Gasteiger partial charge in [0.15, 0.2) is 0 Å². The molecular weight excluding hydrogens is 456 g/mol. The lowest BCUT2D eigenvalue weighted by atomic mass is 10.2. The second kappa shape index (κ2) is 8.95. The van der Waals surface area contributed by atoms with E-state index in [1.807, 2.05) is 54.6 Å². The Morgan fingerprint density at radius 1 is 0.861 bits per heavy atom. The summed E-state index contributed by atoms with van der Waals surface area (Å²) >= 11 is 0. The molecule has 0 saturated heterocycles. The van der Waals surface area contributed by atoms with Crippen LogP contribution in [-0.2, 0) is 13.1 Å². The van der Waals surface area contributed by atoms with E-state index in [0.29, 0.717) is 41.4 Å². The lowest BCUT2D eigenvalue weighted by Gasteiger charge is -2.15. The van der Waals surface area contributed by atoms with Crippen LogP contribution in [-0.4, -0.2) is 36.9 Å². The minimum absolute atomic E-state index is 0.238. The standard InChI is InChI=1S/C27H20N6O3/c34-26(17-10-12-19(13-11-17)36-18-6-2-1-3-7-18)30-25-20-15-33(16-24(20)31-32-25)27(35)23-14-28-21-8-4-5-9-22(21)29-23/h1-14H,15-16H2,(H2,30,31,32,34). The number of nitrogens with one attached hydrogen (secondary N) is 2. The van der Waals surface area contributed by atoms with Crippen LogP contribution in [0.15, 0.2) is 85.1 Å². The third kappa shape index (κ3) is 4.14. The maximum atomic E-state index is 13.1. The molecule has 0 atom stereocenters. The van der Waals surface area contributed by atoms with Crippen LogP contribution < -0.4 is 10.1 Å². The van der Waals surface area contributed by atoms with Gasteiger partial charge in [-0.25, -0.2) is 4.98 Å². The Morgan fingerprint density at radius 3 is 2.39 bits per heavy atom. The van der Waals surface area contributed by atoms with E-state index in [1.54, 1.807) is 29.2 Å². The number of hydrogen-bond donors (Lipinski definition) is 2. The minimum Gasteiger partial charge on any atom is -0.457 e. The largest absolute Gasteiger partial charge is 0.457 e. The van der Waals surface area contributed by atoms with Crippen molar-refractivity contribution in [3.63, 3.8) is 0 Å². The van der Waals surface area contributed by atoms with Crippen LogP contribution in [0, 0.1) is 0 Å². The quantitative estimate of drug-likeness (QED) is 0.385. The Hall–Kier alpha value is -5.05. The van der Waals surface area contributed by atoms with Crippen molar-refractivity contribution in [3.8, 4) is 11.5 Å². The van der Waals surface area contributed by atoms with E-state index in [9.17, 15) is 9.59 Å². The molecule has 1 aliphatic heterocycles. The highest BCUT2D eigenvalue weighted by atomic mass is 16.5. The van der Waals surface area contributed by atoms with E-state index >= 15 is 0 Å². The van der Waals surface area contributed by atoms with Gasteiger partial charge in [-0.15, -0.1) is 0 Å². The van der Waals surface area contributed by atoms with Crippen LogP contribution in [0.3, 0.4) is 0 Å². The number of anilines is 1. The number of aromatic amines is 1. The average Bonchev–Trinajstić information content (AvgIpc) is 3.51. The zero-order valence-electron chi connectivity index (χ0n) is 19.0. The Bertz CT molecular complexity index is 1580. The number of fused-ring (bicyclic) bond motifs is 2. The number of ether oxygens (including phenoxy) is 1. The van der Waals surface area contributed by atoms with Gasteiger partial charge in [0.2, 0.25) is 0 Å². The van der Waals surface area contributed by atoms with Crippen molar-refractivity contribution in [2.75, 3.05) is 5.32 Å². The van der Waals surface area contributed by atoms with Crippen LogP contribution >= 0.6 is 0 Å². The third-order valence-electron chi connectivity index (χ3n) is 5.93. The van der Waals surface area contributed by atoms with Crippen molar-refractivity contribution in [2.24, 2.45) is 0 Å². The fraction of sp³-hybridized carbons (Fsp3) is 0.0741. The number of carbonyl (C=O) groups excluding carboxylic acids is 2. The van der Waals surface area contributed by atoms with Gasteiger partial charge < -0.3 is 15.0 Å². The summed E-state index contributed by atoms with van der Waals surface area (Å²) in [6.07, 6.45) is 1.49. The number of benzene rings is 3. The second-order valence-electron chi connectivity index (χ2n) is 8.32. The first-order valence-electron chi connectivity index (χ1n) is 11.4. The first-order chi connectivity index (χ1) is 17.6. The SMILES string of the molecule is O=C(Nc1[nH]nc2c1CN(C(=O)c1cnc3ccccc3n1)C2)c1ccc(Oc2ccccc2)cc1. The number of aromatic nitrogens is 4. The first-order valence-corrected chi connectivity index (χ1v) is 11.4. The molecule has 0 spiro atoms. The van der Waals surface area contributed by atoms with Gasteiger partial charge in [0.05, 0.1) is 36.0 Å². The van der Waals surface area contributed by atoms with Gasteiger partial charge in [0.25, 0.3) is 11.8 Å². The Kier molecular flexibility index (Phi) is 5.34. The molecule has 2 aromatic heterocycles. The molecule has 0 fully saturated rings. The highest BCUT2D eigenvalue weighted by Crippen LogP contribution is 2.29. The molecule has 0 bridgehead atoms. The number of hydrogen-bond acceptors (Lipinski definition) is 6. The highest BCUT2D eigenvalue weighted by molar-refractivity contribution is 6.04. The Balaban J connectivity index is 1.13. The van der Waals surface area contributed by atoms with Crippen molar-refractivity contribution < 1.29 is 14.3 Å². The molecule has 0 radical (unpaired) electrons. The predicted octanol–water partition coefficient (Wildman–Crippen LogP) is 4.55. The summed E-state index contributed by atoms with van der Waals surface area (Å²) in [4.78, 5) is 36.3. The van der Waals surface area contributed by atoms with Gasteiger partial charge in [-0.05, 0) is 48.5 Å². The molecule has 6 rings (SSSR count). The van der Waals surface area contributed by atoms with Crippen molar-refractivity contribution in [2.45, 2.75) is 13.1 Å². The van der Waals surface area contributed by atoms with Crippen molar-refractivity contribution in [1.29, 1.82) is 0 Å². The summed E-state index contributed by atoms with van der Waals surface area (Å²) in [5.41, 5.74) is 3.61. The van der Waals surface area contributed by atoms with E-state index in [-0.39, 0.29) is 17.5 Å². The molecular formula is C27H20N6O3. The number of nitrogens with zero attached hydrogens (tertiary/aromatic N) is 4. The van der Waals surface area contributed by atoms with E-state index in [1.165, 1.54) is 6.20 Å². The number of H-pyrrole nitrogens is 1. The molecule has 9 heteroatoms. The number of para-hydroxylation sites is 3. The van der Waals surface area contributed by atoms with Crippen molar-refractivity contribution >= 4 is 28.7 Å². The van der Waals surface area contributed by atoms with Gasteiger partial charge >= 0.3 is 0 Å². The maximum Gasteiger partial charge on any atom is 0.274 e. The Morgan fingerprint density at radius 2 is 1.58 bits per heavy atom. The molecule has 5 aromatic rings. The average molecular weight is 476 g/mol. The molecule has 0 aliphatic carbocycles. The fourth-order valence-electron chi connectivity index (χ4n) is 4.09. The zero-order valence-corrected chi connectivity index (χ0v) is 19.0. The van der Waals surface area contributed by atoms with Gasteiger partial charge in [-0.1, -0.05) is 30.3 Å². The number of carbonyl (C=O) groups is 2. The summed E-state index contributed by atoms with van der Waals surface area (Å²) in [6, 6.07) is 23.7. The van der Waals surface area contributed by atoms with Gasteiger partial charge in [-0.2, -0.15) is 5.10 Å². The summed E-state index contributed by atoms with van der Waals surface area (Å²) in [7, 11) is 0. The topological polar surface area (TPSA) is 113 Å². The van der Waals surface area contributed by atoms with Gasteiger partial charge in [0.1, 0.15) is 23.0 Å². The molecule has 2 amide bonds. The molecule has 36 heavy (non-hydrogen) atoms. The maximum absolute atomic E-state index is 13.1. The molecule has 9 nitrogen and oxygen atoms in total. The molecule has 3 aromatic carbocycles. The molecule has 1 aliphatic rings. The van der Waals surface area contributed by atoms with Crippen LogP contribution in [0.2, 0.25) is 0 Å². The van der Waals surface area contributed by atoms with Crippen LogP contribution in [0.5, 0.6) is 11.5 Å². The van der Waals surface area contributed by atoms with E-state index in [4.69, 9.17) is 4.74 Å². The van der Waals surface area contributed by atoms with E-state index in [0.717, 1.165) is 16.8 Å². The van der Waals surface area contributed by atoms with Crippen LogP contribution in [0.25, 0.3) is 11.0 Å². The van der Waals surface area contributed by atoms with Crippen LogP contribution in [0.4, 0.5) is 5.82 Å². The fourth-order valence-corrected chi connectivity index (χ4v) is 4.09. The van der Waals surface area contributed by atoms with Gasteiger partial charge in [0, 0.05) is 11.1 Å². The lowest BCUT2D eigenvalue weighted by molar-refractivity contribution is 0.0744. The second-order valence-corrected chi connectivity index (χ2v) is 8.32. The predicted molar refractivity (Wildman–Crippen MR) is 133 cm³/mol. The monoisotopic (exact) mass is 476 g/mol. The minimum atomic E-state index is -0.294. The molecule has 2 N–H and O–H groups in total. The van der Waals surface area contributed by atoms with Gasteiger partial charge in [-0.3, -0.25) is 19.7 Å². The summed E-state index contributed by atoms with van der Waals surface area (Å²) < 4.78 is 5.78. The first kappa shape index (κ1) is 21.5. The smallest absolute Gasteiger partial charge is 0.274 e. The summed E-state index contributed by atoms with van der Waals surface area (Å²) in [5.74, 6) is 1.29. The van der Waals surface area contributed by atoms with E-state index in [2.05, 4.69) is 25.5 Å².